The summed E-state index contributed by atoms with van der Waals surface area (Å²) < 4.78 is 12.7. The second-order valence-electron chi connectivity index (χ2n) is 3.62. The molecule has 94 valence electrons. The summed E-state index contributed by atoms with van der Waals surface area (Å²) in [6, 6.07) is 6.26. The van der Waals surface area contributed by atoms with Crippen molar-refractivity contribution < 1.29 is 9.18 Å². The molecule has 0 aromatic heterocycles. The normalized spacial score (nSPS) is 15.2. The van der Waals surface area contributed by atoms with Crippen LogP contribution in [0, 0.1) is 5.82 Å². The summed E-state index contributed by atoms with van der Waals surface area (Å²) in [5.41, 5.74) is 0.964. The first-order valence-corrected chi connectivity index (χ1v) is 5.98. The van der Waals surface area contributed by atoms with Crippen LogP contribution in [0.4, 0.5) is 4.39 Å². The van der Waals surface area contributed by atoms with Crippen LogP contribution in [0.5, 0.6) is 0 Å². The Balaban J connectivity index is 0.000000686. The summed E-state index contributed by atoms with van der Waals surface area (Å²) in [6.07, 6.45) is 0. The van der Waals surface area contributed by atoms with E-state index in [1.54, 1.807) is 17.0 Å². The number of hydrogen-bond donors (Lipinski definition) is 1. The maximum Gasteiger partial charge on any atom is 0.236 e. The zero-order valence-electron chi connectivity index (χ0n) is 10.4. The quantitative estimate of drug-likeness (QED) is 0.852. The topological polar surface area (TPSA) is 32.3 Å². The number of piperazine rings is 1. The number of amides is 1. The minimum atomic E-state index is -0.245. The van der Waals surface area contributed by atoms with Gasteiger partial charge < -0.3 is 10.2 Å². The van der Waals surface area contributed by atoms with E-state index < -0.39 is 0 Å². The predicted octanol–water partition coefficient (Wildman–Crippen LogP) is 1.78. The van der Waals surface area contributed by atoms with E-state index in [1.807, 2.05) is 13.8 Å². The first-order valence-electron chi connectivity index (χ1n) is 5.98. The van der Waals surface area contributed by atoms with Gasteiger partial charge in [-0.05, 0) is 17.7 Å². The van der Waals surface area contributed by atoms with Crippen LogP contribution in [0.2, 0.25) is 0 Å². The van der Waals surface area contributed by atoms with Gasteiger partial charge in [0.2, 0.25) is 5.91 Å². The fraction of sp³-hybridized carbons (Fsp3) is 0.462. The van der Waals surface area contributed by atoms with Crippen LogP contribution in [0.15, 0.2) is 24.3 Å². The Morgan fingerprint density at radius 3 is 2.53 bits per heavy atom. The lowest BCUT2D eigenvalue weighted by atomic mass is 10.2. The van der Waals surface area contributed by atoms with E-state index in [9.17, 15) is 9.18 Å². The molecule has 1 aliphatic rings. The minimum Gasteiger partial charge on any atom is -0.336 e. The van der Waals surface area contributed by atoms with Crippen LogP contribution in [0.1, 0.15) is 19.4 Å². The highest BCUT2D eigenvalue weighted by Crippen LogP contribution is 2.07. The summed E-state index contributed by atoms with van der Waals surface area (Å²) in [5, 5.41) is 3.01. The molecule has 0 saturated carbocycles. The van der Waals surface area contributed by atoms with Gasteiger partial charge in [0, 0.05) is 19.6 Å². The maximum atomic E-state index is 12.7. The minimum absolute atomic E-state index is 0.102. The summed E-state index contributed by atoms with van der Waals surface area (Å²) in [6.45, 7) is 6.52. The number of benzene rings is 1. The zero-order valence-corrected chi connectivity index (χ0v) is 10.4. The molecular weight excluding hydrogens is 219 g/mol. The van der Waals surface area contributed by atoms with Gasteiger partial charge in [0.15, 0.2) is 0 Å². The number of carbonyl (C=O) groups is 1. The number of halogens is 1. The van der Waals surface area contributed by atoms with E-state index in [-0.39, 0.29) is 11.7 Å². The Morgan fingerprint density at radius 1 is 1.29 bits per heavy atom. The van der Waals surface area contributed by atoms with Gasteiger partial charge in [0.1, 0.15) is 5.82 Å². The summed E-state index contributed by atoms with van der Waals surface area (Å²) in [7, 11) is 0. The van der Waals surface area contributed by atoms with Gasteiger partial charge in [-0.3, -0.25) is 4.79 Å². The van der Waals surface area contributed by atoms with E-state index in [0.717, 1.165) is 18.7 Å². The van der Waals surface area contributed by atoms with Crippen LogP contribution >= 0.6 is 0 Å². The van der Waals surface area contributed by atoms with Crippen LogP contribution in [0.3, 0.4) is 0 Å². The molecule has 3 nitrogen and oxygen atoms in total. The van der Waals surface area contributed by atoms with Crippen molar-refractivity contribution in [1.29, 1.82) is 0 Å². The van der Waals surface area contributed by atoms with Crippen molar-refractivity contribution in [2.24, 2.45) is 0 Å². The van der Waals surface area contributed by atoms with E-state index in [0.29, 0.717) is 13.1 Å². The molecule has 0 unspecified atom stereocenters. The van der Waals surface area contributed by atoms with Gasteiger partial charge in [0.05, 0.1) is 6.54 Å². The Morgan fingerprint density at radius 2 is 1.94 bits per heavy atom. The highest BCUT2D eigenvalue weighted by atomic mass is 19.1. The van der Waals surface area contributed by atoms with Gasteiger partial charge in [-0.2, -0.15) is 0 Å². The molecule has 1 saturated heterocycles. The zero-order chi connectivity index (χ0) is 12.7. The molecular formula is C13H19FN2O. The lowest BCUT2D eigenvalue weighted by Gasteiger charge is -2.27. The molecule has 1 aliphatic heterocycles. The van der Waals surface area contributed by atoms with Crippen LogP contribution in [-0.2, 0) is 11.3 Å². The van der Waals surface area contributed by atoms with Crippen molar-refractivity contribution >= 4 is 5.91 Å². The van der Waals surface area contributed by atoms with Crippen LogP contribution < -0.4 is 5.32 Å². The lowest BCUT2D eigenvalue weighted by Crippen LogP contribution is -2.47. The first kappa shape index (κ1) is 13.6. The van der Waals surface area contributed by atoms with Gasteiger partial charge in [0.25, 0.3) is 0 Å². The molecule has 1 amide bonds. The molecule has 17 heavy (non-hydrogen) atoms. The number of nitrogens with zero attached hydrogens (tertiary/aromatic N) is 1. The average molecular weight is 238 g/mol. The van der Waals surface area contributed by atoms with Crippen LogP contribution in [0.25, 0.3) is 0 Å². The number of rotatable bonds is 2. The molecule has 0 atom stereocenters. The summed E-state index contributed by atoms with van der Waals surface area (Å²) in [4.78, 5) is 13.2. The van der Waals surface area contributed by atoms with Crippen molar-refractivity contribution in [3.8, 4) is 0 Å². The van der Waals surface area contributed by atoms with Crippen molar-refractivity contribution in [2.75, 3.05) is 19.6 Å². The Kier molecular flexibility index (Phi) is 5.63. The Hall–Kier alpha value is -1.42. The molecule has 0 bridgehead atoms. The molecule has 1 heterocycles. The van der Waals surface area contributed by atoms with E-state index in [1.165, 1.54) is 12.1 Å². The third-order valence-electron chi connectivity index (χ3n) is 2.47. The van der Waals surface area contributed by atoms with Crippen LogP contribution in [-0.4, -0.2) is 30.4 Å². The smallest absolute Gasteiger partial charge is 0.236 e. The monoisotopic (exact) mass is 238 g/mol. The molecule has 1 aromatic rings. The molecule has 0 aliphatic carbocycles. The van der Waals surface area contributed by atoms with Crippen molar-refractivity contribution in [1.82, 2.24) is 10.2 Å². The summed E-state index contributed by atoms with van der Waals surface area (Å²) >= 11 is 0. The molecule has 1 aromatic carbocycles. The summed E-state index contributed by atoms with van der Waals surface area (Å²) in [5.74, 6) is -0.143. The average Bonchev–Trinajstić information content (AvgIpc) is 2.37. The van der Waals surface area contributed by atoms with Crippen molar-refractivity contribution in [3.05, 3.63) is 35.6 Å². The Labute approximate surface area is 102 Å². The largest absolute Gasteiger partial charge is 0.336 e. The second-order valence-corrected chi connectivity index (χ2v) is 3.62. The predicted molar refractivity (Wildman–Crippen MR) is 66.0 cm³/mol. The van der Waals surface area contributed by atoms with Crippen molar-refractivity contribution in [3.63, 3.8) is 0 Å². The third kappa shape index (κ3) is 4.15. The Bertz CT molecular complexity index is 351. The van der Waals surface area contributed by atoms with Crippen molar-refractivity contribution in [2.45, 2.75) is 20.4 Å². The van der Waals surface area contributed by atoms with E-state index in [2.05, 4.69) is 5.32 Å². The van der Waals surface area contributed by atoms with Gasteiger partial charge >= 0.3 is 0 Å². The second kappa shape index (κ2) is 7.01. The molecule has 0 spiro atoms. The van der Waals surface area contributed by atoms with Gasteiger partial charge in [-0.1, -0.05) is 26.0 Å². The fourth-order valence-electron chi connectivity index (χ4n) is 1.62. The highest BCUT2D eigenvalue weighted by Gasteiger charge is 2.17. The third-order valence-corrected chi connectivity index (χ3v) is 2.47. The molecule has 4 heteroatoms. The molecule has 1 fully saturated rings. The highest BCUT2D eigenvalue weighted by molar-refractivity contribution is 5.78. The lowest BCUT2D eigenvalue weighted by molar-refractivity contribution is -0.132. The molecule has 0 radical (unpaired) electrons. The molecule has 1 N–H and O–H groups in total. The standard InChI is InChI=1S/C11H13FN2O.C2H6/c12-10-3-1-9(2-4-10)8-14-6-5-13-7-11(14)15;1-2/h1-4,13H,5-8H2;1-2H3. The number of hydrogen-bond acceptors (Lipinski definition) is 2. The number of carbonyl (C=O) groups excluding carboxylic acids is 1. The first-order chi connectivity index (χ1) is 8.25. The van der Waals surface area contributed by atoms with E-state index >= 15 is 0 Å². The van der Waals surface area contributed by atoms with Gasteiger partial charge in [-0.15, -0.1) is 0 Å². The molecule has 2 rings (SSSR count). The van der Waals surface area contributed by atoms with Gasteiger partial charge in [-0.25, -0.2) is 4.39 Å². The maximum absolute atomic E-state index is 12.7. The SMILES string of the molecule is CC.O=C1CNCCN1Cc1ccc(F)cc1. The fourth-order valence-corrected chi connectivity index (χ4v) is 1.62. The van der Waals surface area contributed by atoms with E-state index in [4.69, 9.17) is 0 Å². The number of nitrogens with one attached hydrogen (secondary N) is 1.